The van der Waals surface area contributed by atoms with Crippen LogP contribution in [0.5, 0.6) is 0 Å². The Kier molecular flexibility index (Phi) is 5.34. The van der Waals surface area contributed by atoms with Crippen LogP contribution in [0.3, 0.4) is 0 Å². The van der Waals surface area contributed by atoms with Gasteiger partial charge in [-0.2, -0.15) is 0 Å². The standard InChI is InChI=1S/C14H27N3O2S/c1-11(2)8-17-6-7-20-14(17)4-3-5-16(10-14)13(19)12(15)9-18/h11-12,18H,3-10,15H2,1-2H3. The van der Waals surface area contributed by atoms with E-state index in [1.807, 2.05) is 16.7 Å². The van der Waals surface area contributed by atoms with Crippen LogP contribution in [0.25, 0.3) is 0 Å². The Morgan fingerprint density at radius 2 is 2.20 bits per heavy atom. The van der Waals surface area contributed by atoms with Gasteiger partial charge in [-0.1, -0.05) is 13.8 Å². The van der Waals surface area contributed by atoms with Gasteiger partial charge in [0.2, 0.25) is 5.91 Å². The highest BCUT2D eigenvalue weighted by atomic mass is 32.2. The molecule has 20 heavy (non-hydrogen) atoms. The number of carbonyl (C=O) groups excluding carboxylic acids is 1. The first kappa shape index (κ1) is 16.1. The molecule has 0 saturated carbocycles. The second-order valence-electron chi connectivity index (χ2n) is 6.29. The molecule has 2 rings (SSSR count). The molecule has 6 heteroatoms. The maximum Gasteiger partial charge on any atom is 0.241 e. The summed E-state index contributed by atoms with van der Waals surface area (Å²) in [5, 5.41) is 9.08. The molecule has 2 fully saturated rings. The molecule has 2 aliphatic heterocycles. The Bertz CT molecular complexity index is 353. The highest BCUT2D eigenvalue weighted by Crippen LogP contribution is 2.42. The molecule has 0 radical (unpaired) electrons. The first-order valence-electron chi connectivity index (χ1n) is 7.53. The van der Waals surface area contributed by atoms with Crippen molar-refractivity contribution in [3.63, 3.8) is 0 Å². The third-order valence-corrected chi connectivity index (χ3v) is 5.67. The van der Waals surface area contributed by atoms with E-state index < -0.39 is 6.04 Å². The van der Waals surface area contributed by atoms with Crippen LogP contribution in [0.4, 0.5) is 0 Å². The summed E-state index contributed by atoms with van der Waals surface area (Å²) in [6.07, 6.45) is 2.16. The smallest absolute Gasteiger partial charge is 0.241 e. The fourth-order valence-corrected chi connectivity index (χ4v) is 4.79. The van der Waals surface area contributed by atoms with Crippen LogP contribution in [0.2, 0.25) is 0 Å². The number of likely N-dealkylation sites (tertiary alicyclic amines) is 1. The van der Waals surface area contributed by atoms with Crippen LogP contribution in [0, 0.1) is 5.92 Å². The summed E-state index contributed by atoms with van der Waals surface area (Å²) >= 11 is 1.98. The summed E-state index contributed by atoms with van der Waals surface area (Å²) in [5.74, 6) is 1.67. The average Bonchev–Trinajstić information content (AvgIpc) is 2.78. The predicted octanol–water partition coefficient (Wildman–Crippen LogP) is 0.330. The van der Waals surface area contributed by atoms with Crippen LogP contribution in [0.15, 0.2) is 0 Å². The highest BCUT2D eigenvalue weighted by molar-refractivity contribution is 8.00. The lowest BCUT2D eigenvalue weighted by molar-refractivity contribution is -0.136. The van der Waals surface area contributed by atoms with E-state index in [1.54, 1.807) is 0 Å². The van der Waals surface area contributed by atoms with Crippen molar-refractivity contribution in [2.75, 3.05) is 38.5 Å². The van der Waals surface area contributed by atoms with E-state index in [0.717, 1.165) is 44.8 Å². The summed E-state index contributed by atoms with van der Waals surface area (Å²) in [6, 6.07) is -0.768. The Labute approximate surface area is 125 Å². The third-order valence-electron chi connectivity index (χ3n) is 4.15. The zero-order valence-electron chi connectivity index (χ0n) is 12.5. The second-order valence-corrected chi connectivity index (χ2v) is 7.74. The number of aliphatic hydroxyl groups is 1. The van der Waals surface area contributed by atoms with Gasteiger partial charge in [-0.05, 0) is 18.8 Å². The summed E-state index contributed by atoms with van der Waals surface area (Å²) in [4.78, 5) is 16.7. The van der Waals surface area contributed by atoms with Crippen molar-refractivity contribution < 1.29 is 9.90 Å². The normalized spacial score (nSPS) is 29.4. The van der Waals surface area contributed by atoms with E-state index in [2.05, 4.69) is 18.7 Å². The number of hydrogen-bond acceptors (Lipinski definition) is 5. The van der Waals surface area contributed by atoms with Gasteiger partial charge in [0.15, 0.2) is 0 Å². The molecule has 5 nitrogen and oxygen atoms in total. The van der Waals surface area contributed by atoms with Crippen LogP contribution in [-0.2, 0) is 4.79 Å². The van der Waals surface area contributed by atoms with Crippen LogP contribution in [0.1, 0.15) is 26.7 Å². The van der Waals surface area contributed by atoms with Crippen molar-refractivity contribution >= 4 is 17.7 Å². The number of rotatable bonds is 4. The van der Waals surface area contributed by atoms with Gasteiger partial charge >= 0.3 is 0 Å². The van der Waals surface area contributed by atoms with E-state index >= 15 is 0 Å². The molecule has 0 aromatic carbocycles. The number of hydrogen-bond donors (Lipinski definition) is 2. The molecule has 2 saturated heterocycles. The third kappa shape index (κ3) is 3.30. The monoisotopic (exact) mass is 301 g/mol. The van der Waals surface area contributed by atoms with E-state index in [4.69, 9.17) is 10.8 Å². The van der Waals surface area contributed by atoms with Crippen LogP contribution in [-0.4, -0.2) is 70.3 Å². The molecule has 0 aromatic heterocycles. The lowest BCUT2D eigenvalue weighted by Gasteiger charge is -2.46. The van der Waals surface area contributed by atoms with Gasteiger partial charge in [-0.25, -0.2) is 0 Å². The van der Waals surface area contributed by atoms with E-state index in [9.17, 15) is 4.79 Å². The minimum absolute atomic E-state index is 0.0767. The molecule has 0 aliphatic carbocycles. The van der Waals surface area contributed by atoms with E-state index in [0.29, 0.717) is 5.92 Å². The van der Waals surface area contributed by atoms with Gasteiger partial charge in [0.1, 0.15) is 6.04 Å². The number of piperidine rings is 1. The Balaban J connectivity index is 2.06. The molecule has 2 atom stereocenters. The number of nitrogens with zero attached hydrogens (tertiary/aromatic N) is 2. The van der Waals surface area contributed by atoms with Crippen molar-refractivity contribution in [3.05, 3.63) is 0 Å². The zero-order chi connectivity index (χ0) is 14.8. The van der Waals surface area contributed by atoms with Gasteiger partial charge in [0.05, 0.1) is 11.5 Å². The number of aliphatic hydroxyl groups excluding tert-OH is 1. The molecule has 1 spiro atoms. The lowest BCUT2D eigenvalue weighted by atomic mass is 10.0. The lowest BCUT2D eigenvalue weighted by Crippen LogP contribution is -2.58. The van der Waals surface area contributed by atoms with Gasteiger partial charge in [0.25, 0.3) is 0 Å². The molecule has 2 unspecified atom stereocenters. The summed E-state index contributed by atoms with van der Waals surface area (Å²) in [5.41, 5.74) is 5.69. The molecule has 0 aromatic rings. The molecule has 116 valence electrons. The first-order valence-corrected chi connectivity index (χ1v) is 8.51. The highest BCUT2D eigenvalue weighted by Gasteiger charge is 2.46. The van der Waals surface area contributed by atoms with Crippen LogP contribution < -0.4 is 5.73 Å². The summed E-state index contributed by atoms with van der Waals surface area (Å²) in [6.45, 7) is 7.92. The van der Waals surface area contributed by atoms with Crippen molar-refractivity contribution in [2.45, 2.75) is 37.6 Å². The second kappa shape index (κ2) is 6.64. The minimum Gasteiger partial charge on any atom is -0.394 e. The SMILES string of the molecule is CC(C)CN1CCSC12CCCN(C(=O)C(N)CO)C2. The maximum absolute atomic E-state index is 12.2. The average molecular weight is 301 g/mol. The number of thioether (sulfide) groups is 1. The number of carbonyl (C=O) groups is 1. The summed E-state index contributed by atoms with van der Waals surface area (Å²) < 4.78 is 0. The van der Waals surface area contributed by atoms with Crippen molar-refractivity contribution in [2.24, 2.45) is 11.7 Å². The van der Waals surface area contributed by atoms with Crippen molar-refractivity contribution in [1.29, 1.82) is 0 Å². The molecular weight excluding hydrogens is 274 g/mol. The van der Waals surface area contributed by atoms with Gasteiger partial charge in [-0.15, -0.1) is 11.8 Å². The Morgan fingerprint density at radius 3 is 2.85 bits per heavy atom. The molecule has 1 amide bonds. The maximum atomic E-state index is 12.2. The van der Waals surface area contributed by atoms with Crippen LogP contribution >= 0.6 is 11.8 Å². The Morgan fingerprint density at radius 1 is 1.45 bits per heavy atom. The molecular formula is C14H27N3O2S. The predicted molar refractivity (Wildman–Crippen MR) is 82.5 cm³/mol. The van der Waals surface area contributed by atoms with Crippen molar-refractivity contribution in [3.8, 4) is 0 Å². The van der Waals surface area contributed by atoms with E-state index in [-0.39, 0.29) is 17.4 Å². The summed E-state index contributed by atoms with van der Waals surface area (Å²) in [7, 11) is 0. The molecule has 2 heterocycles. The largest absolute Gasteiger partial charge is 0.394 e. The first-order chi connectivity index (χ1) is 9.48. The molecule has 0 bridgehead atoms. The number of nitrogens with two attached hydrogens (primary N) is 1. The van der Waals surface area contributed by atoms with Gasteiger partial charge in [-0.3, -0.25) is 9.69 Å². The van der Waals surface area contributed by atoms with Gasteiger partial charge < -0.3 is 15.7 Å². The Hall–Kier alpha value is -0.300. The molecule has 3 N–H and O–H groups in total. The van der Waals surface area contributed by atoms with Gasteiger partial charge in [0, 0.05) is 31.9 Å². The fraction of sp³-hybridized carbons (Fsp3) is 0.929. The quantitative estimate of drug-likeness (QED) is 0.783. The number of amides is 1. The topological polar surface area (TPSA) is 69.8 Å². The van der Waals surface area contributed by atoms with Crippen molar-refractivity contribution in [1.82, 2.24) is 9.80 Å². The van der Waals surface area contributed by atoms with E-state index in [1.165, 1.54) is 0 Å². The fourth-order valence-electron chi connectivity index (χ4n) is 3.22. The molecule has 2 aliphatic rings. The zero-order valence-corrected chi connectivity index (χ0v) is 13.4. The minimum atomic E-state index is -0.768.